The van der Waals surface area contributed by atoms with Crippen molar-refractivity contribution in [2.45, 2.75) is 26.7 Å². The molecule has 5 heteroatoms. The summed E-state index contributed by atoms with van der Waals surface area (Å²) < 4.78 is 0. The van der Waals surface area contributed by atoms with Crippen LogP contribution in [0.2, 0.25) is 0 Å². The van der Waals surface area contributed by atoms with E-state index < -0.39 is 0 Å². The molecule has 0 fully saturated rings. The fourth-order valence-corrected chi connectivity index (χ4v) is 2.92. The first-order valence-corrected chi connectivity index (χ1v) is 9.20. The van der Waals surface area contributed by atoms with Gasteiger partial charge < -0.3 is 10.6 Å². The number of rotatable bonds is 5. The van der Waals surface area contributed by atoms with Crippen LogP contribution in [0.15, 0.2) is 66.7 Å². The monoisotopic (exact) mass is 373 g/mol. The SMILES string of the molecule is Cc1cccc(C(C)C)c1NC(=O)c1cccc(C(=O)Nc2ccccc2)n1. The zero-order valence-corrected chi connectivity index (χ0v) is 16.2. The van der Waals surface area contributed by atoms with Gasteiger partial charge in [0.25, 0.3) is 11.8 Å². The van der Waals surface area contributed by atoms with Crippen molar-refractivity contribution in [3.05, 3.63) is 89.2 Å². The van der Waals surface area contributed by atoms with Gasteiger partial charge in [-0.05, 0) is 48.2 Å². The lowest BCUT2D eigenvalue weighted by molar-refractivity contribution is 0.101. The van der Waals surface area contributed by atoms with Crippen molar-refractivity contribution in [1.82, 2.24) is 4.98 Å². The van der Waals surface area contributed by atoms with Gasteiger partial charge in [0.2, 0.25) is 0 Å². The lowest BCUT2D eigenvalue weighted by Crippen LogP contribution is -2.19. The molecule has 0 bridgehead atoms. The molecule has 2 aromatic carbocycles. The maximum absolute atomic E-state index is 12.8. The second-order valence-corrected chi connectivity index (χ2v) is 6.88. The number of pyridine rings is 1. The summed E-state index contributed by atoms with van der Waals surface area (Å²) in [7, 11) is 0. The van der Waals surface area contributed by atoms with Crippen LogP contribution in [-0.2, 0) is 0 Å². The van der Waals surface area contributed by atoms with Crippen LogP contribution in [0.3, 0.4) is 0 Å². The Morgan fingerprint density at radius 3 is 2.04 bits per heavy atom. The minimum absolute atomic E-state index is 0.186. The zero-order chi connectivity index (χ0) is 20.1. The third-order valence-electron chi connectivity index (χ3n) is 4.41. The predicted octanol–water partition coefficient (Wildman–Crippen LogP) is 5.02. The number of hydrogen-bond acceptors (Lipinski definition) is 3. The maximum Gasteiger partial charge on any atom is 0.274 e. The van der Waals surface area contributed by atoms with Crippen molar-refractivity contribution in [2.75, 3.05) is 10.6 Å². The molecule has 0 spiro atoms. The van der Waals surface area contributed by atoms with Gasteiger partial charge >= 0.3 is 0 Å². The number of amides is 2. The van der Waals surface area contributed by atoms with E-state index >= 15 is 0 Å². The largest absolute Gasteiger partial charge is 0.321 e. The summed E-state index contributed by atoms with van der Waals surface area (Å²) in [5, 5.41) is 5.73. The van der Waals surface area contributed by atoms with Crippen LogP contribution in [-0.4, -0.2) is 16.8 Å². The van der Waals surface area contributed by atoms with E-state index in [9.17, 15) is 9.59 Å². The number of para-hydroxylation sites is 2. The zero-order valence-electron chi connectivity index (χ0n) is 16.2. The molecule has 0 unspecified atom stereocenters. The van der Waals surface area contributed by atoms with Crippen LogP contribution < -0.4 is 10.6 Å². The molecule has 0 aliphatic carbocycles. The van der Waals surface area contributed by atoms with E-state index in [1.54, 1.807) is 30.3 Å². The summed E-state index contributed by atoms with van der Waals surface area (Å²) in [6.45, 7) is 6.12. The topological polar surface area (TPSA) is 71.1 Å². The maximum atomic E-state index is 12.8. The van der Waals surface area contributed by atoms with E-state index in [4.69, 9.17) is 0 Å². The van der Waals surface area contributed by atoms with E-state index in [1.807, 2.05) is 43.3 Å². The number of hydrogen-bond donors (Lipinski definition) is 2. The molecule has 2 N–H and O–H groups in total. The summed E-state index contributed by atoms with van der Waals surface area (Å²) >= 11 is 0. The Balaban J connectivity index is 1.81. The first-order valence-electron chi connectivity index (χ1n) is 9.20. The van der Waals surface area contributed by atoms with Crippen molar-refractivity contribution in [2.24, 2.45) is 0 Å². The Labute approximate surface area is 164 Å². The van der Waals surface area contributed by atoms with E-state index in [2.05, 4.69) is 29.5 Å². The van der Waals surface area contributed by atoms with Crippen LogP contribution in [0.4, 0.5) is 11.4 Å². The highest BCUT2D eigenvalue weighted by Crippen LogP contribution is 2.27. The number of benzene rings is 2. The minimum atomic E-state index is -0.361. The average Bonchev–Trinajstić information content (AvgIpc) is 2.70. The molecule has 1 aromatic heterocycles. The highest BCUT2D eigenvalue weighted by molar-refractivity contribution is 6.06. The van der Waals surface area contributed by atoms with E-state index in [0.717, 1.165) is 16.8 Å². The van der Waals surface area contributed by atoms with Crippen molar-refractivity contribution in [1.29, 1.82) is 0 Å². The van der Waals surface area contributed by atoms with E-state index in [0.29, 0.717) is 5.69 Å². The van der Waals surface area contributed by atoms with Crippen LogP contribution in [0.1, 0.15) is 51.9 Å². The van der Waals surface area contributed by atoms with Crippen molar-refractivity contribution >= 4 is 23.2 Å². The van der Waals surface area contributed by atoms with Gasteiger partial charge in [0.05, 0.1) is 0 Å². The van der Waals surface area contributed by atoms with Gasteiger partial charge in [0.15, 0.2) is 0 Å². The molecule has 2 amide bonds. The molecule has 3 aromatic rings. The molecule has 0 radical (unpaired) electrons. The molecule has 28 heavy (non-hydrogen) atoms. The normalized spacial score (nSPS) is 10.6. The fraction of sp³-hybridized carbons (Fsp3) is 0.174. The summed E-state index contributed by atoms with van der Waals surface area (Å²) in [5.41, 5.74) is 3.89. The second kappa shape index (κ2) is 8.48. The van der Waals surface area contributed by atoms with Gasteiger partial charge in [-0.1, -0.05) is 56.3 Å². The van der Waals surface area contributed by atoms with Crippen LogP contribution in [0.5, 0.6) is 0 Å². The molecule has 0 atom stereocenters. The minimum Gasteiger partial charge on any atom is -0.321 e. The highest BCUT2D eigenvalue weighted by Gasteiger charge is 2.16. The molecular weight excluding hydrogens is 350 g/mol. The Bertz CT molecular complexity index is 998. The van der Waals surface area contributed by atoms with Gasteiger partial charge in [-0.15, -0.1) is 0 Å². The van der Waals surface area contributed by atoms with Crippen LogP contribution >= 0.6 is 0 Å². The number of aryl methyl sites for hydroxylation is 1. The molecule has 0 aliphatic heterocycles. The number of carbonyl (C=O) groups is 2. The quantitative estimate of drug-likeness (QED) is 0.660. The molecular formula is C23H23N3O2. The summed E-state index contributed by atoms with van der Waals surface area (Å²) in [5.74, 6) is -0.434. The summed E-state index contributed by atoms with van der Waals surface area (Å²) in [6.07, 6.45) is 0. The Morgan fingerprint density at radius 2 is 1.39 bits per heavy atom. The molecule has 0 saturated carbocycles. The third kappa shape index (κ3) is 4.43. The number of aromatic nitrogens is 1. The van der Waals surface area contributed by atoms with Crippen LogP contribution in [0.25, 0.3) is 0 Å². The fourth-order valence-electron chi connectivity index (χ4n) is 2.92. The van der Waals surface area contributed by atoms with E-state index in [1.165, 1.54) is 0 Å². The molecule has 0 saturated heterocycles. The van der Waals surface area contributed by atoms with Gasteiger partial charge in [0.1, 0.15) is 11.4 Å². The Hall–Kier alpha value is -3.47. The second-order valence-electron chi connectivity index (χ2n) is 6.88. The Morgan fingerprint density at radius 1 is 0.786 bits per heavy atom. The van der Waals surface area contributed by atoms with Gasteiger partial charge in [-0.2, -0.15) is 0 Å². The average molecular weight is 373 g/mol. The first kappa shape index (κ1) is 19.3. The highest BCUT2D eigenvalue weighted by atomic mass is 16.2. The number of nitrogens with zero attached hydrogens (tertiary/aromatic N) is 1. The number of anilines is 2. The standard InChI is InChI=1S/C23H23N3O2/c1-15(2)18-12-7-9-16(3)21(18)26-23(28)20-14-8-13-19(25-20)22(27)24-17-10-5-4-6-11-17/h4-15H,1-3H3,(H,24,27)(H,26,28). The first-order chi connectivity index (χ1) is 13.5. The third-order valence-corrected chi connectivity index (χ3v) is 4.41. The van der Waals surface area contributed by atoms with Crippen molar-refractivity contribution < 1.29 is 9.59 Å². The number of nitrogens with one attached hydrogen (secondary N) is 2. The summed E-state index contributed by atoms with van der Waals surface area (Å²) in [6, 6.07) is 19.9. The molecule has 142 valence electrons. The van der Waals surface area contributed by atoms with E-state index in [-0.39, 0.29) is 29.1 Å². The van der Waals surface area contributed by atoms with Gasteiger partial charge in [0, 0.05) is 11.4 Å². The lowest BCUT2D eigenvalue weighted by atomic mass is 9.98. The Kier molecular flexibility index (Phi) is 5.84. The molecule has 1 heterocycles. The number of carbonyl (C=O) groups excluding carboxylic acids is 2. The lowest BCUT2D eigenvalue weighted by Gasteiger charge is -2.16. The molecule has 5 nitrogen and oxygen atoms in total. The predicted molar refractivity (Wildman–Crippen MR) is 112 cm³/mol. The van der Waals surface area contributed by atoms with Gasteiger partial charge in [-0.25, -0.2) is 4.98 Å². The smallest absolute Gasteiger partial charge is 0.274 e. The van der Waals surface area contributed by atoms with Crippen molar-refractivity contribution in [3.63, 3.8) is 0 Å². The van der Waals surface area contributed by atoms with Crippen LogP contribution in [0, 0.1) is 6.92 Å². The molecule has 0 aliphatic rings. The molecule has 3 rings (SSSR count). The van der Waals surface area contributed by atoms with Gasteiger partial charge in [-0.3, -0.25) is 9.59 Å². The summed E-state index contributed by atoms with van der Waals surface area (Å²) in [4.78, 5) is 29.5. The van der Waals surface area contributed by atoms with Crippen molar-refractivity contribution in [3.8, 4) is 0 Å².